The summed E-state index contributed by atoms with van der Waals surface area (Å²) < 4.78 is 4.98. The van der Waals surface area contributed by atoms with Crippen LogP contribution in [-0.4, -0.2) is 24.6 Å². The van der Waals surface area contributed by atoms with Crippen LogP contribution in [0.2, 0.25) is 0 Å². The lowest BCUT2D eigenvalue weighted by atomic mass is 10.0. The molecular formula is C11H15NO3. The molecule has 0 unspecified atom stereocenters. The van der Waals surface area contributed by atoms with Crippen molar-refractivity contribution in [2.75, 3.05) is 19.5 Å². The number of ketones is 1. The van der Waals surface area contributed by atoms with E-state index in [1.54, 1.807) is 25.3 Å². The number of hydrogen-bond donors (Lipinski definition) is 2. The van der Waals surface area contributed by atoms with Crippen molar-refractivity contribution >= 4 is 11.5 Å². The highest BCUT2D eigenvalue weighted by Gasteiger charge is 2.09. The molecule has 0 aliphatic carbocycles. The highest BCUT2D eigenvalue weighted by Crippen LogP contribution is 2.21. The van der Waals surface area contributed by atoms with Crippen molar-refractivity contribution in [1.82, 2.24) is 0 Å². The smallest absolute Gasteiger partial charge is 0.165 e. The highest BCUT2D eigenvalue weighted by atomic mass is 16.5. The highest BCUT2D eigenvalue weighted by molar-refractivity contribution is 6.00. The van der Waals surface area contributed by atoms with Gasteiger partial charge in [-0.25, -0.2) is 0 Å². The van der Waals surface area contributed by atoms with E-state index in [0.717, 1.165) is 0 Å². The second kappa shape index (κ2) is 5.36. The van der Waals surface area contributed by atoms with Crippen LogP contribution in [-0.2, 0) is 0 Å². The van der Waals surface area contributed by atoms with Crippen molar-refractivity contribution in [3.05, 3.63) is 23.8 Å². The Kier molecular flexibility index (Phi) is 4.12. The lowest BCUT2D eigenvalue weighted by molar-refractivity contribution is 0.0972. The fourth-order valence-corrected chi connectivity index (χ4v) is 1.30. The van der Waals surface area contributed by atoms with E-state index in [1.165, 1.54) is 0 Å². The van der Waals surface area contributed by atoms with E-state index in [-0.39, 0.29) is 12.4 Å². The molecule has 0 saturated carbocycles. The zero-order chi connectivity index (χ0) is 11.3. The Bertz CT molecular complexity index is 350. The second-order valence-corrected chi connectivity index (χ2v) is 3.20. The van der Waals surface area contributed by atoms with Gasteiger partial charge in [-0.15, -0.1) is 0 Å². The Morgan fingerprint density at radius 2 is 2.27 bits per heavy atom. The molecule has 0 fully saturated rings. The number of ether oxygens (including phenoxy) is 1. The average Bonchev–Trinajstić information content (AvgIpc) is 2.25. The van der Waals surface area contributed by atoms with Gasteiger partial charge in [0.2, 0.25) is 0 Å². The van der Waals surface area contributed by atoms with E-state index >= 15 is 0 Å². The molecule has 0 aromatic heterocycles. The van der Waals surface area contributed by atoms with Crippen LogP contribution in [0.25, 0.3) is 0 Å². The van der Waals surface area contributed by atoms with Crippen LogP contribution in [0.4, 0.5) is 5.69 Å². The number of Topliss-reactive ketones (excluding diaryl/α,β-unsaturated/α-hetero) is 1. The van der Waals surface area contributed by atoms with Crippen molar-refractivity contribution in [2.45, 2.75) is 12.8 Å². The number of benzene rings is 1. The summed E-state index contributed by atoms with van der Waals surface area (Å²) in [6.07, 6.45) is 0.775. The summed E-state index contributed by atoms with van der Waals surface area (Å²) in [6, 6.07) is 4.96. The standard InChI is InChI=1S/C11H15NO3/c1-15-8-4-5-9(10(12)7-8)11(14)3-2-6-13/h4-5,7,13H,2-3,6,12H2,1H3. The summed E-state index contributed by atoms with van der Waals surface area (Å²) in [5.41, 5.74) is 6.61. The number of nitrogen functional groups attached to an aromatic ring is 1. The number of aliphatic hydroxyl groups is 1. The zero-order valence-electron chi connectivity index (χ0n) is 8.69. The molecule has 0 heterocycles. The van der Waals surface area contributed by atoms with Gasteiger partial charge in [-0.2, -0.15) is 0 Å². The SMILES string of the molecule is COc1ccc(C(=O)CCCO)c(N)c1. The van der Waals surface area contributed by atoms with E-state index in [0.29, 0.717) is 29.8 Å². The van der Waals surface area contributed by atoms with Crippen LogP contribution in [0, 0.1) is 0 Å². The zero-order valence-corrected chi connectivity index (χ0v) is 8.69. The van der Waals surface area contributed by atoms with Crippen molar-refractivity contribution < 1.29 is 14.6 Å². The monoisotopic (exact) mass is 209 g/mol. The molecule has 1 rings (SSSR count). The van der Waals surface area contributed by atoms with Gasteiger partial charge in [-0.05, 0) is 18.6 Å². The van der Waals surface area contributed by atoms with Crippen LogP contribution in [0.5, 0.6) is 5.75 Å². The summed E-state index contributed by atoms with van der Waals surface area (Å²) in [4.78, 5) is 11.6. The minimum Gasteiger partial charge on any atom is -0.497 e. The molecule has 3 N–H and O–H groups in total. The fourth-order valence-electron chi connectivity index (χ4n) is 1.30. The van der Waals surface area contributed by atoms with Crippen LogP contribution < -0.4 is 10.5 Å². The van der Waals surface area contributed by atoms with Gasteiger partial charge in [-0.1, -0.05) is 0 Å². The number of hydrogen-bond acceptors (Lipinski definition) is 4. The summed E-state index contributed by atoms with van der Waals surface area (Å²) in [5.74, 6) is 0.579. The number of carbonyl (C=O) groups is 1. The molecule has 0 amide bonds. The summed E-state index contributed by atoms with van der Waals surface area (Å²) in [7, 11) is 1.54. The molecule has 0 bridgehead atoms. The second-order valence-electron chi connectivity index (χ2n) is 3.20. The van der Waals surface area contributed by atoms with Gasteiger partial charge in [0.25, 0.3) is 0 Å². The van der Waals surface area contributed by atoms with E-state index in [2.05, 4.69) is 0 Å². The minimum atomic E-state index is -0.0517. The quantitative estimate of drug-likeness (QED) is 0.565. The molecule has 0 spiro atoms. The largest absolute Gasteiger partial charge is 0.497 e. The van der Waals surface area contributed by atoms with Gasteiger partial charge in [0.05, 0.1) is 7.11 Å². The topological polar surface area (TPSA) is 72.5 Å². The summed E-state index contributed by atoms with van der Waals surface area (Å²) in [5, 5.41) is 8.61. The van der Waals surface area contributed by atoms with Crippen LogP contribution in [0.15, 0.2) is 18.2 Å². The maximum absolute atomic E-state index is 11.6. The van der Waals surface area contributed by atoms with Crippen LogP contribution in [0.3, 0.4) is 0 Å². The van der Waals surface area contributed by atoms with Crippen LogP contribution in [0.1, 0.15) is 23.2 Å². The number of methoxy groups -OCH3 is 1. The van der Waals surface area contributed by atoms with Gasteiger partial charge in [0.1, 0.15) is 5.75 Å². The summed E-state index contributed by atoms with van der Waals surface area (Å²) >= 11 is 0. The lowest BCUT2D eigenvalue weighted by Gasteiger charge is -2.06. The Balaban J connectivity index is 2.81. The molecule has 1 aromatic rings. The maximum Gasteiger partial charge on any atom is 0.165 e. The third kappa shape index (κ3) is 2.95. The molecule has 0 aliphatic heterocycles. The third-order valence-corrected chi connectivity index (χ3v) is 2.12. The van der Waals surface area contributed by atoms with E-state index in [9.17, 15) is 4.79 Å². The number of rotatable bonds is 5. The molecule has 0 saturated heterocycles. The van der Waals surface area contributed by atoms with E-state index < -0.39 is 0 Å². The van der Waals surface area contributed by atoms with Crippen LogP contribution >= 0.6 is 0 Å². The lowest BCUT2D eigenvalue weighted by Crippen LogP contribution is -2.04. The van der Waals surface area contributed by atoms with Gasteiger partial charge < -0.3 is 15.6 Å². The van der Waals surface area contributed by atoms with E-state index in [4.69, 9.17) is 15.6 Å². The first-order valence-electron chi connectivity index (χ1n) is 4.76. The molecule has 82 valence electrons. The molecule has 4 nitrogen and oxygen atoms in total. The van der Waals surface area contributed by atoms with Crippen molar-refractivity contribution in [2.24, 2.45) is 0 Å². The number of carbonyl (C=O) groups excluding carboxylic acids is 1. The number of nitrogens with two attached hydrogens (primary N) is 1. The first-order chi connectivity index (χ1) is 7.19. The molecule has 15 heavy (non-hydrogen) atoms. The first kappa shape index (κ1) is 11.5. The Morgan fingerprint density at radius 3 is 2.80 bits per heavy atom. The molecular weight excluding hydrogens is 194 g/mol. The number of aliphatic hydroxyl groups excluding tert-OH is 1. The van der Waals surface area contributed by atoms with Crippen molar-refractivity contribution in [3.63, 3.8) is 0 Å². The minimum absolute atomic E-state index is 0.0157. The van der Waals surface area contributed by atoms with Crippen molar-refractivity contribution in [1.29, 1.82) is 0 Å². The van der Waals surface area contributed by atoms with E-state index in [1.807, 2.05) is 0 Å². The number of anilines is 1. The summed E-state index contributed by atoms with van der Waals surface area (Å²) in [6.45, 7) is 0.0157. The van der Waals surface area contributed by atoms with Gasteiger partial charge in [-0.3, -0.25) is 4.79 Å². The maximum atomic E-state index is 11.6. The Labute approximate surface area is 88.7 Å². The Morgan fingerprint density at radius 1 is 1.53 bits per heavy atom. The molecule has 0 radical (unpaired) electrons. The van der Waals surface area contributed by atoms with Gasteiger partial charge >= 0.3 is 0 Å². The normalized spacial score (nSPS) is 10.0. The van der Waals surface area contributed by atoms with Crippen molar-refractivity contribution in [3.8, 4) is 5.75 Å². The molecule has 0 aliphatic rings. The predicted octanol–water partition coefficient (Wildman–Crippen LogP) is 1.23. The molecule has 4 heteroatoms. The molecule has 0 atom stereocenters. The predicted molar refractivity (Wildman–Crippen MR) is 58.1 cm³/mol. The average molecular weight is 209 g/mol. The molecule has 1 aromatic carbocycles. The fraction of sp³-hybridized carbons (Fsp3) is 0.364. The Hall–Kier alpha value is -1.55. The first-order valence-corrected chi connectivity index (χ1v) is 4.76. The van der Waals surface area contributed by atoms with Gasteiger partial charge in [0.15, 0.2) is 5.78 Å². The van der Waals surface area contributed by atoms with Gasteiger partial charge in [0, 0.05) is 30.3 Å². The third-order valence-electron chi connectivity index (χ3n) is 2.12.